The third-order valence-corrected chi connectivity index (χ3v) is 4.21. The zero-order valence-electron chi connectivity index (χ0n) is 15.6. The van der Waals surface area contributed by atoms with Crippen molar-refractivity contribution in [1.29, 1.82) is 0 Å². The highest BCUT2D eigenvalue weighted by Gasteiger charge is 2.28. The van der Waals surface area contributed by atoms with Crippen LogP contribution in [0.5, 0.6) is 17.2 Å². The SMILES string of the molecule is CC(C)(C)c1cc(C(=O)c2ccc(O)cc2O)cc(C(C)(C)C)c1O. The average molecular weight is 342 g/mol. The second-order valence-electron chi connectivity index (χ2n) is 8.45. The van der Waals surface area contributed by atoms with E-state index in [0.29, 0.717) is 16.7 Å². The van der Waals surface area contributed by atoms with Gasteiger partial charge in [0.15, 0.2) is 5.78 Å². The fourth-order valence-corrected chi connectivity index (χ4v) is 2.78. The van der Waals surface area contributed by atoms with Crippen LogP contribution in [0.4, 0.5) is 0 Å². The van der Waals surface area contributed by atoms with Gasteiger partial charge >= 0.3 is 0 Å². The molecule has 0 aliphatic rings. The van der Waals surface area contributed by atoms with Gasteiger partial charge in [0.25, 0.3) is 0 Å². The Morgan fingerprint density at radius 1 is 0.800 bits per heavy atom. The van der Waals surface area contributed by atoms with Crippen molar-refractivity contribution in [2.75, 3.05) is 0 Å². The highest BCUT2D eigenvalue weighted by molar-refractivity contribution is 6.11. The summed E-state index contributed by atoms with van der Waals surface area (Å²) in [6.45, 7) is 11.8. The Morgan fingerprint density at radius 2 is 1.28 bits per heavy atom. The summed E-state index contributed by atoms with van der Waals surface area (Å²) in [7, 11) is 0. The van der Waals surface area contributed by atoms with Crippen LogP contribution in [0.1, 0.15) is 68.6 Å². The first-order valence-electron chi connectivity index (χ1n) is 8.27. The van der Waals surface area contributed by atoms with Crippen LogP contribution < -0.4 is 0 Å². The molecule has 0 atom stereocenters. The topological polar surface area (TPSA) is 77.8 Å². The van der Waals surface area contributed by atoms with E-state index in [0.717, 1.165) is 6.07 Å². The Morgan fingerprint density at radius 3 is 1.68 bits per heavy atom. The minimum atomic E-state index is -0.353. The number of rotatable bonds is 2. The molecule has 0 fully saturated rings. The lowest BCUT2D eigenvalue weighted by Crippen LogP contribution is -2.19. The molecule has 0 spiro atoms. The van der Waals surface area contributed by atoms with Gasteiger partial charge in [0.2, 0.25) is 0 Å². The van der Waals surface area contributed by atoms with E-state index in [9.17, 15) is 20.1 Å². The minimum absolute atomic E-state index is 0.106. The standard InChI is InChI=1S/C21H26O4/c1-20(2,3)15-9-12(10-16(19(15)25)21(4,5)6)18(24)14-8-7-13(22)11-17(14)23/h7-11,22-23,25H,1-6H3. The van der Waals surface area contributed by atoms with Crippen LogP contribution in [0.25, 0.3) is 0 Å². The van der Waals surface area contributed by atoms with Gasteiger partial charge in [-0.15, -0.1) is 0 Å². The first-order valence-corrected chi connectivity index (χ1v) is 8.27. The molecule has 0 aromatic heterocycles. The molecule has 0 amide bonds. The molecule has 0 bridgehead atoms. The Balaban J connectivity index is 2.71. The second-order valence-corrected chi connectivity index (χ2v) is 8.45. The third-order valence-electron chi connectivity index (χ3n) is 4.21. The number of carbonyl (C=O) groups is 1. The summed E-state index contributed by atoms with van der Waals surface area (Å²) in [5.41, 5.74) is 1.18. The Hall–Kier alpha value is -2.49. The van der Waals surface area contributed by atoms with E-state index in [1.165, 1.54) is 12.1 Å². The number of carbonyl (C=O) groups excluding carboxylic acids is 1. The van der Waals surface area contributed by atoms with Gasteiger partial charge in [0.05, 0.1) is 5.56 Å². The van der Waals surface area contributed by atoms with Crippen LogP contribution in [-0.4, -0.2) is 21.1 Å². The largest absolute Gasteiger partial charge is 0.508 e. The average Bonchev–Trinajstić information content (AvgIpc) is 2.44. The molecule has 4 nitrogen and oxygen atoms in total. The summed E-state index contributed by atoms with van der Waals surface area (Å²) in [6.07, 6.45) is 0. The van der Waals surface area contributed by atoms with E-state index in [-0.39, 0.29) is 39.4 Å². The van der Waals surface area contributed by atoms with Crippen LogP contribution in [0.15, 0.2) is 30.3 Å². The zero-order chi connectivity index (χ0) is 19.2. The Bertz CT molecular complexity index is 786. The molecule has 0 unspecified atom stereocenters. The number of benzene rings is 2. The van der Waals surface area contributed by atoms with Crippen LogP contribution >= 0.6 is 0 Å². The van der Waals surface area contributed by atoms with Crippen molar-refractivity contribution >= 4 is 5.78 Å². The molecule has 2 aromatic rings. The summed E-state index contributed by atoms with van der Waals surface area (Å²) in [6, 6.07) is 7.26. The predicted molar refractivity (Wildman–Crippen MR) is 98.7 cm³/mol. The lowest BCUT2D eigenvalue weighted by molar-refractivity contribution is 0.103. The normalized spacial score (nSPS) is 12.2. The van der Waals surface area contributed by atoms with E-state index in [1.807, 2.05) is 41.5 Å². The van der Waals surface area contributed by atoms with E-state index >= 15 is 0 Å². The van der Waals surface area contributed by atoms with E-state index in [1.54, 1.807) is 12.1 Å². The monoisotopic (exact) mass is 342 g/mol. The van der Waals surface area contributed by atoms with Crippen molar-refractivity contribution in [3.8, 4) is 17.2 Å². The number of hydrogen-bond donors (Lipinski definition) is 3. The van der Waals surface area contributed by atoms with Crippen molar-refractivity contribution in [2.24, 2.45) is 0 Å². The summed E-state index contributed by atoms with van der Waals surface area (Å²) >= 11 is 0. The highest BCUT2D eigenvalue weighted by Crippen LogP contribution is 2.40. The Labute approximate surface area is 148 Å². The van der Waals surface area contributed by atoms with Gasteiger partial charge in [0.1, 0.15) is 17.2 Å². The van der Waals surface area contributed by atoms with Gasteiger partial charge in [-0.1, -0.05) is 41.5 Å². The van der Waals surface area contributed by atoms with Gasteiger partial charge in [-0.2, -0.15) is 0 Å². The molecule has 4 heteroatoms. The zero-order valence-corrected chi connectivity index (χ0v) is 15.6. The smallest absolute Gasteiger partial charge is 0.196 e. The molecule has 3 N–H and O–H groups in total. The molecular formula is C21H26O4. The number of ketones is 1. The van der Waals surface area contributed by atoms with Crippen LogP contribution in [0.3, 0.4) is 0 Å². The van der Waals surface area contributed by atoms with E-state index in [2.05, 4.69) is 0 Å². The van der Waals surface area contributed by atoms with Crippen molar-refractivity contribution in [3.05, 3.63) is 52.6 Å². The number of hydrogen-bond acceptors (Lipinski definition) is 4. The molecule has 0 saturated carbocycles. The van der Waals surface area contributed by atoms with E-state index < -0.39 is 0 Å². The summed E-state index contributed by atoms with van der Waals surface area (Å²) < 4.78 is 0. The fourth-order valence-electron chi connectivity index (χ4n) is 2.78. The van der Waals surface area contributed by atoms with Gasteiger partial charge in [-0.25, -0.2) is 0 Å². The maximum Gasteiger partial charge on any atom is 0.196 e. The lowest BCUT2D eigenvalue weighted by Gasteiger charge is -2.28. The molecular weight excluding hydrogens is 316 g/mol. The van der Waals surface area contributed by atoms with Crippen LogP contribution in [0, 0.1) is 0 Å². The fraction of sp³-hybridized carbons (Fsp3) is 0.381. The number of aromatic hydroxyl groups is 3. The molecule has 0 aliphatic heterocycles. The minimum Gasteiger partial charge on any atom is -0.508 e. The predicted octanol–water partition coefficient (Wildman–Crippen LogP) is 4.63. The molecule has 25 heavy (non-hydrogen) atoms. The van der Waals surface area contributed by atoms with Crippen LogP contribution in [0.2, 0.25) is 0 Å². The quantitative estimate of drug-likeness (QED) is 0.695. The van der Waals surface area contributed by atoms with Crippen LogP contribution in [-0.2, 0) is 10.8 Å². The van der Waals surface area contributed by atoms with Crippen molar-refractivity contribution in [1.82, 2.24) is 0 Å². The lowest BCUT2D eigenvalue weighted by atomic mass is 9.77. The first-order chi connectivity index (χ1) is 11.3. The first kappa shape index (κ1) is 18.8. The van der Waals surface area contributed by atoms with Gasteiger partial charge < -0.3 is 15.3 Å². The molecule has 2 rings (SSSR count). The third kappa shape index (κ3) is 3.78. The van der Waals surface area contributed by atoms with Gasteiger partial charge in [-0.3, -0.25) is 4.79 Å². The van der Waals surface area contributed by atoms with Crippen molar-refractivity contribution in [3.63, 3.8) is 0 Å². The second kappa shape index (κ2) is 6.10. The van der Waals surface area contributed by atoms with E-state index in [4.69, 9.17) is 0 Å². The molecule has 0 heterocycles. The van der Waals surface area contributed by atoms with Crippen molar-refractivity contribution in [2.45, 2.75) is 52.4 Å². The molecule has 2 aromatic carbocycles. The molecule has 0 saturated heterocycles. The molecule has 0 radical (unpaired) electrons. The summed E-state index contributed by atoms with van der Waals surface area (Å²) in [5.74, 6) is -0.529. The van der Waals surface area contributed by atoms with Crippen molar-refractivity contribution < 1.29 is 20.1 Å². The van der Waals surface area contributed by atoms with Gasteiger partial charge in [-0.05, 0) is 35.1 Å². The Kier molecular flexibility index (Phi) is 4.60. The molecule has 134 valence electrons. The maximum absolute atomic E-state index is 12.9. The van der Waals surface area contributed by atoms with Gasteiger partial charge in [0, 0.05) is 22.8 Å². The number of phenolic OH excluding ortho intramolecular Hbond substituents is 3. The maximum atomic E-state index is 12.9. The summed E-state index contributed by atoms with van der Waals surface area (Å²) in [4.78, 5) is 12.9. The number of phenols is 3. The summed E-state index contributed by atoms with van der Waals surface area (Å²) in [5, 5.41) is 30.2. The molecule has 0 aliphatic carbocycles. The highest BCUT2D eigenvalue weighted by atomic mass is 16.3.